The van der Waals surface area contributed by atoms with Gasteiger partial charge < -0.3 is 5.32 Å². The zero-order valence-electron chi connectivity index (χ0n) is 9.51. The standard InChI is InChI=1S/C11H13F3N2O/c1-3-7(2)16-10(17)9-5-4-8(6-15-9)11(12,13)14/h4-7H,3H2,1-2H3,(H,16,17). The Hall–Kier alpha value is -1.59. The van der Waals surface area contributed by atoms with Crippen LogP contribution in [-0.2, 0) is 6.18 Å². The number of hydrogen-bond donors (Lipinski definition) is 1. The van der Waals surface area contributed by atoms with Crippen molar-refractivity contribution in [3.63, 3.8) is 0 Å². The Bertz CT molecular complexity index is 387. The largest absolute Gasteiger partial charge is 0.417 e. The van der Waals surface area contributed by atoms with E-state index in [4.69, 9.17) is 0 Å². The predicted molar refractivity (Wildman–Crippen MR) is 56.5 cm³/mol. The highest BCUT2D eigenvalue weighted by Gasteiger charge is 2.30. The summed E-state index contributed by atoms with van der Waals surface area (Å²) in [5.74, 6) is -0.465. The third-order valence-electron chi connectivity index (χ3n) is 2.31. The average molecular weight is 246 g/mol. The topological polar surface area (TPSA) is 42.0 Å². The Morgan fingerprint density at radius 1 is 1.47 bits per heavy atom. The highest BCUT2D eigenvalue weighted by atomic mass is 19.4. The Kier molecular flexibility index (Phi) is 4.09. The molecule has 0 saturated carbocycles. The lowest BCUT2D eigenvalue weighted by molar-refractivity contribution is -0.137. The first-order valence-electron chi connectivity index (χ1n) is 5.18. The summed E-state index contributed by atoms with van der Waals surface area (Å²) in [7, 11) is 0. The molecular weight excluding hydrogens is 233 g/mol. The van der Waals surface area contributed by atoms with Crippen LogP contribution >= 0.6 is 0 Å². The number of nitrogens with zero attached hydrogens (tertiary/aromatic N) is 1. The molecule has 0 aliphatic heterocycles. The fourth-order valence-corrected chi connectivity index (χ4v) is 1.10. The Morgan fingerprint density at radius 2 is 2.12 bits per heavy atom. The SMILES string of the molecule is CCC(C)NC(=O)c1ccc(C(F)(F)F)cn1. The van der Waals surface area contributed by atoms with Crippen molar-refractivity contribution in [1.29, 1.82) is 0 Å². The maximum atomic E-state index is 12.2. The maximum Gasteiger partial charge on any atom is 0.417 e. The van der Waals surface area contributed by atoms with Crippen LogP contribution in [-0.4, -0.2) is 16.9 Å². The van der Waals surface area contributed by atoms with Gasteiger partial charge in [0.05, 0.1) is 5.56 Å². The van der Waals surface area contributed by atoms with Gasteiger partial charge in [0.25, 0.3) is 5.91 Å². The molecule has 0 fully saturated rings. The first-order chi connectivity index (χ1) is 7.84. The maximum absolute atomic E-state index is 12.2. The molecule has 1 amide bonds. The molecule has 0 spiro atoms. The molecule has 0 saturated heterocycles. The van der Waals surface area contributed by atoms with Crippen molar-refractivity contribution in [2.24, 2.45) is 0 Å². The molecule has 0 aromatic carbocycles. The first kappa shape index (κ1) is 13.5. The molecule has 0 aliphatic rings. The van der Waals surface area contributed by atoms with Crippen molar-refractivity contribution in [1.82, 2.24) is 10.3 Å². The van der Waals surface area contributed by atoms with Gasteiger partial charge in [-0.25, -0.2) is 0 Å². The molecule has 1 aromatic heterocycles. The van der Waals surface area contributed by atoms with E-state index in [-0.39, 0.29) is 11.7 Å². The minimum atomic E-state index is -4.43. The van der Waals surface area contributed by atoms with Crippen LogP contribution in [0.25, 0.3) is 0 Å². The molecule has 1 atom stereocenters. The fourth-order valence-electron chi connectivity index (χ4n) is 1.10. The van der Waals surface area contributed by atoms with E-state index in [9.17, 15) is 18.0 Å². The highest BCUT2D eigenvalue weighted by molar-refractivity contribution is 5.92. The molecule has 1 heterocycles. The molecule has 0 aliphatic carbocycles. The summed E-state index contributed by atoms with van der Waals surface area (Å²) >= 11 is 0. The van der Waals surface area contributed by atoms with Crippen molar-refractivity contribution in [2.75, 3.05) is 0 Å². The second-order valence-electron chi connectivity index (χ2n) is 3.71. The smallest absolute Gasteiger partial charge is 0.348 e. The molecule has 1 rings (SSSR count). The summed E-state index contributed by atoms with van der Waals surface area (Å²) in [6.07, 6.45) is -3.03. The summed E-state index contributed by atoms with van der Waals surface area (Å²) < 4.78 is 36.7. The van der Waals surface area contributed by atoms with Crippen LogP contribution in [0, 0.1) is 0 Å². The number of carbonyl (C=O) groups is 1. The lowest BCUT2D eigenvalue weighted by Crippen LogP contribution is -2.32. The van der Waals surface area contributed by atoms with Crippen LogP contribution in [0.5, 0.6) is 0 Å². The van der Waals surface area contributed by atoms with Gasteiger partial charge in [0.15, 0.2) is 0 Å². The number of hydrogen-bond acceptors (Lipinski definition) is 2. The predicted octanol–water partition coefficient (Wildman–Crippen LogP) is 2.63. The molecule has 3 nitrogen and oxygen atoms in total. The monoisotopic (exact) mass is 246 g/mol. The zero-order valence-corrected chi connectivity index (χ0v) is 9.51. The Labute approximate surface area is 97.0 Å². The third-order valence-corrected chi connectivity index (χ3v) is 2.31. The molecule has 94 valence electrons. The summed E-state index contributed by atoms with van der Waals surface area (Å²) in [5.41, 5.74) is -0.879. The Morgan fingerprint density at radius 3 is 2.53 bits per heavy atom. The number of halogens is 3. The third kappa shape index (κ3) is 3.72. The van der Waals surface area contributed by atoms with Crippen LogP contribution < -0.4 is 5.32 Å². The summed E-state index contributed by atoms with van der Waals surface area (Å²) in [6, 6.07) is 1.88. The van der Waals surface area contributed by atoms with Gasteiger partial charge in [0.1, 0.15) is 5.69 Å². The van der Waals surface area contributed by atoms with Gasteiger partial charge in [-0.2, -0.15) is 13.2 Å². The lowest BCUT2D eigenvalue weighted by Gasteiger charge is -2.11. The molecule has 0 bridgehead atoms. The minimum absolute atomic E-state index is 0.0155. The zero-order chi connectivity index (χ0) is 13.1. The number of carbonyl (C=O) groups excluding carboxylic acids is 1. The van der Waals surface area contributed by atoms with Gasteiger partial charge in [-0.05, 0) is 25.5 Å². The lowest BCUT2D eigenvalue weighted by atomic mass is 10.2. The molecule has 17 heavy (non-hydrogen) atoms. The molecule has 0 radical (unpaired) electrons. The number of aromatic nitrogens is 1. The van der Waals surface area contributed by atoms with Gasteiger partial charge in [-0.3, -0.25) is 9.78 Å². The number of nitrogens with one attached hydrogen (secondary N) is 1. The highest BCUT2D eigenvalue weighted by Crippen LogP contribution is 2.28. The van der Waals surface area contributed by atoms with E-state index in [1.807, 2.05) is 13.8 Å². The number of amides is 1. The van der Waals surface area contributed by atoms with E-state index >= 15 is 0 Å². The van der Waals surface area contributed by atoms with Gasteiger partial charge in [0.2, 0.25) is 0 Å². The summed E-state index contributed by atoms with van der Waals surface area (Å²) in [4.78, 5) is 15.0. The first-order valence-corrected chi connectivity index (χ1v) is 5.18. The van der Waals surface area contributed by atoms with Crippen molar-refractivity contribution in [3.8, 4) is 0 Å². The quantitative estimate of drug-likeness (QED) is 0.890. The molecule has 1 N–H and O–H groups in total. The average Bonchev–Trinajstić information content (AvgIpc) is 2.27. The van der Waals surface area contributed by atoms with Crippen molar-refractivity contribution in [2.45, 2.75) is 32.5 Å². The summed E-state index contributed by atoms with van der Waals surface area (Å²) in [5, 5.41) is 2.62. The van der Waals surface area contributed by atoms with E-state index in [0.29, 0.717) is 6.20 Å². The van der Waals surface area contributed by atoms with Crippen LogP contribution in [0.3, 0.4) is 0 Å². The normalized spacial score (nSPS) is 13.2. The van der Waals surface area contributed by atoms with E-state index in [2.05, 4.69) is 10.3 Å². The Balaban J connectivity index is 2.78. The van der Waals surface area contributed by atoms with Gasteiger partial charge in [0, 0.05) is 12.2 Å². The van der Waals surface area contributed by atoms with Crippen LogP contribution in [0.2, 0.25) is 0 Å². The number of rotatable bonds is 3. The number of alkyl halides is 3. The molecule has 1 aromatic rings. The number of pyridine rings is 1. The second-order valence-corrected chi connectivity index (χ2v) is 3.71. The van der Waals surface area contributed by atoms with Crippen LogP contribution in [0.1, 0.15) is 36.3 Å². The molecular formula is C11H13F3N2O. The van der Waals surface area contributed by atoms with Gasteiger partial charge in [-0.1, -0.05) is 6.92 Å². The van der Waals surface area contributed by atoms with Gasteiger partial charge >= 0.3 is 6.18 Å². The van der Waals surface area contributed by atoms with E-state index in [1.54, 1.807) is 0 Å². The second kappa shape index (κ2) is 5.16. The van der Waals surface area contributed by atoms with E-state index < -0.39 is 17.6 Å². The van der Waals surface area contributed by atoms with Crippen LogP contribution in [0.4, 0.5) is 13.2 Å². The van der Waals surface area contributed by atoms with E-state index in [1.165, 1.54) is 0 Å². The van der Waals surface area contributed by atoms with Crippen LogP contribution in [0.15, 0.2) is 18.3 Å². The molecule has 6 heteroatoms. The van der Waals surface area contributed by atoms with Crippen molar-refractivity contribution in [3.05, 3.63) is 29.6 Å². The minimum Gasteiger partial charge on any atom is -0.348 e. The summed E-state index contributed by atoms with van der Waals surface area (Å²) in [6.45, 7) is 3.70. The van der Waals surface area contributed by atoms with Gasteiger partial charge in [-0.15, -0.1) is 0 Å². The van der Waals surface area contributed by atoms with E-state index in [0.717, 1.165) is 18.6 Å². The van der Waals surface area contributed by atoms with Crippen molar-refractivity contribution >= 4 is 5.91 Å². The fraction of sp³-hybridized carbons (Fsp3) is 0.455. The molecule has 1 unspecified atom stereocenters. The van der Waals surface area contributed by atoms with Crippen molar-refractivity contribution < 1.29 is 18.0 Å².